The largest absolute Gasteiger partial charge is 0.314 e. The van der Waals surface area contributed by atoms with Gasteiger partial charge in [0.15, 0.2) is 0 Å². The van der Waals surface area contributed by atoms with Crippen molar-refractivity contribution >= 4 is 53.2 Å². The predicted octanol–water partition coefficient (Wildman–Crippen LogP) is 3.43. The predicted molar refractivity (Wildman–Crippen MR) is 92.2 cm³/mol. The molecule has 2 aliphatic rings. The molecule has 0 amide bonds. The van der Waals surface area contributed by atoms with Crippen molar-refractivity contribution in [1.82, 2.24) is 9.62 Å². The van der Waals surface area contributed by atoms with Crippen molar-refractivity contribution < 1.29 is 8.42 Å². The van der Waals surface area contributed by atoms with Crippen molar-refractivity contribution in [3.63, 3.8) is 0 Å². The molecule has 21 heavy (non-hydrogen) atoms. The van der Waals surface area contributed by atoms with E-state index in [1.54, 1.807) is 10.4 Å². The molecule has 1 saturated carbocycles. The second-order valence-corrected chi connectivity index (χ2v) is 11.4. The third-order valence-electron chi connectivity index (χ3n) is 4.09. The highest BCUT2D eigenvalue weighted by atomic mass is 79.9. The van der Waals surface area contributed by atoms with E-state index >= 15 is 0 Å². The van der Waals surface area contributed by atoms with Crippen molar-refractivity contribution in [2.75, 3.05) is 19.6 Å². The monoisotopic (exact) mass is 456 g/mol. The lowest BCUT2D eigenvalue weighted by molar-refractivity contribution is 0.288. The summed E-state index contributed by atoms with van der Waals surface area (Å²) in [6.07, 6.45) is 4.49. The molecule has 0 atom stereocenters. The Morgan fingerprint density at radius 1 is 1.24 bits per heavy atom. The molecule has 1 saturated heterocycles. The first-order valence-electron chi connectivity index (χ1n) is 7.15. The second kappa shape index (κ2) is 6.57. The Balaban J connectivity index is 1.61. The van der Waals surface area contributed by atoms with Crippen LogP contribution in [-0.2, 0) is 10.0 Å². The van der Waals surface area contributed by atoms with Crippen LogP contribution in [-0.4, -0.2) is 38.4 Å². The average molecular weight is 458 g/mol. The van der Waals surface area contributed by atoms with Gasteiger partial charge in [-0.3, -0.25) is 0 Å². The van der Waals surface area contributed by atoms with Crippen LogP contribution in [0.5, 0.6) is 0 Å². The van der Waals surface area contributed by atoms with Gasteiger partial charge in [0.25, 0.3) is 0 Å². The summed E-state index contributed by atoms with van der Waals surface area (Å²) in [4.78, 5) is 0.378. The number of nitrogens with zero attached hydrogens (tertiary/aromatic N) is 1. The van der Waals surface area contributed by atoms with Crippen LogP contribution in [0.25, 0.3) is 0 Å². The van der Waals surface area contributed by atoms with Gasteiger partial charge in [-0.05, 0) is 76.1 Å². The SMILES string of the molecule is O=S(=O)(c1cc(Br)sc1Br)N1CCC(NCC2CC2)CC1. The van der Waals surface area contributed by atoms with Crippen LogP contribution in [0.15, 0.2) is 18.5 Å². The van der Waals surface area contributed by atoms with Gasteiger partial charge in [0.1, 0.15) is 4.90 Å². The normalized spacial score (nSPS) is 21.8. The number of hydrogen-bond donors (Lipinski definition) is 1. The lowest BCUT2D eigenvalue weighted by Crippen LogP contribution is -2.45. The highest BCUT2D eigenvalue weighted by molar-refractivity contribution is 9.12. The molecule has 0 unspecified atom stereocenters. The summed E-state index contributed by atoms with van der Waals surface area (Å²) in [5.74, 6) is 0.867. The summed E-state index contributed by atoms with van der Waals surface area (Å²) in [7, 11) is -3.38. The second-order valence-electron chi connectivity index (χ2n) is 5.72. The Kier molecular flexibility index (Phi) is 5.13. The van der Waals surface area contributed by atoms with Gasteiger partial charge >= 0.3 is 0 Å². The topological polar surface area (TPSA) is 49.4 Å². The first kappa shape index (κ1) is 16.4. The first-order chi connectivity index (χ1) is 9.96. The number of thiophene rings is 1. The molecule has 4 nitrogen and oxygen atoms in total. The van der Waals surface area contributed by atoms with Crippen LogP contribution < -0.4 is 5.32 Å². The zero-order chi connectivity index (χ0) is 15.0. The summed E-state index contributed by atoms with van der Waals surface area (Å²) in [6.45, 7) is 2.30. The average Bonchev–Trinajstić information content (AvgIpc) is 3.21. The van der Waals surface area contributed by atoms with E-state index in [2.05, 4.69) is 37.2 Å². The number of nitrogens with one attached hydrogen (secondary N) is 1. The quantitative estimate of drug-likeness (QED) is 0.736. The smallest absolute Gasteiger partial charge is 0.245 e. The minimum absolute atomic E-state index is 0.378. The molecular formula is C13H18Br2N2O2S2. The number of rotatable bonds is 5. The molecule has 0 bridgehead atoms. The zero-order valence-electron chi connectivity index (χ0n) is 11.5. The maximum Gasteiger partial charge on any atom is 0.245 e. The fourth-order valence-electron chi connectivity index (χ4n) is 2.60. The van der Waals surface area contributed by atoms with Gasteiger partial charge in [-0.25, -0.2) is 8.42 Å². The molecule has 3 rings (SSSR count). The molecule has 2 heterocycles. The van der Waals surface area contributed by atoms with Gasteiger partial charge in [0.2, 0.25) is 10.0 Å². The van der Waals surface area contributed by atoms with Crippen molar-refractivity contribution in [1.29, 1.82) is 0 Å². The summed E-state index contributed by atoms with van der Waals surface area (Å²) >= 11 is 8.09. The molecule has 0 radical (unpaired) electrons. The van der Waals surface area contributed by atoms with Gasteiger partial charge < -0.3 is 5.32 Å². The van der Waals surface area contributed by atoms with Crippen molar-refractivity contribution in [2.45, 2.75) is 36.6 Å². The van der Waals surface area contributed by atoms with E-state index in [0.717, 1.165) is 29.1 Å². The molecular weight excluding hydrogens is 440 g/mol. The molecule has 8 heteroatoms. The molecule has 1 aromatic heterocycles. The van der Waals surface area contributed by atoms with Crippen LogP contribution in [0, 0.1) is 5.92 Å². The molecule has 1 aliphatic heterocycles. The summed E-state index contributed by atoms with van der Waals surface area (Å²) in [6, 6.07) is 2.15. The number of halogens is 2. The molecule has 1 aliphatic carbocycles. The van der Waals surface area contributed by atoms with Crippen molar-refractivity contribution in [3.8, 4) is 0 Å². The fourth-order valence-corrected chi connectivity index (χ4v) is 7.83. The molecule has 2 fully saturated rings. The van der Waals surface area contributed by atoms with Crippen LogP contribution in [0.4, 0.5) is 0 Å². The molecule has 118 valence electrons. The van der Waals surface area contributed by atoms with E-state index in [9.17, 15) is 8.42 Å². The Labute approximate surface area is 146 Å². The summed E-state index contributed by atoms with van der Waals surface area (Å²) in [5.41, 5.74) is 0. The highest BCUT2D eigenvalue weighted by Crippen LogP contribution is 2.37. The Bertz CT molecular complexity index is 606. The van der Waals surface area contributed by atoms with E-state index in [0.29, 0.717) is 27.8 Å². The van der Waals surface area contributed by atoms with Crippen LogP contribution >= 0.6 is 43.2 Å². The third-order valence-corrected chi connectivity index (χ3v) is 8.74. The van der Waals surface area contributed by atoms with Crippen LogP contribution in [0.3, 0.4) is 0 Å². The first-order valence-corrected chi connectivity index (χ1v) is 11.0. The zero-order valence-corrected chi connectivity index (χ0v) is 16.3. The maximum atomic E-state index is 12.7. The highest BCUT2D eigenvalue weighted by Gasteiger charge is 2.32. The fraction of sp³-hybridized carbons (Fsp3) is 0.692. The van der Waals surface area contributed by atoms with E-state index in [4.69, 9.17) is 0 Å². The van der Waals surface area contributed by atoms with Gasteiger partial charge in [-0.2, -0.15) is 4.31 Å². The Hall–Kier alpha value is 0.530. The Morgan fingerprint density at radius 2 is 1.90 bits per heavy atom. The number of hydrogen-bond acceptors (Lipinski definition) is 4. The third kappa shape index (κ3) is 3.90. The van der Waals surface area contributed by atoms with Gasteiger partial charge in [-0.15, -0.1) is 11.3 Å². The molecule has 0 spiro atoms. The van der Waals surface area contributed by atoms with Gasteiger partial charge in [0, 0.05) is 19.1 Å². The van der Waals surface area contributed by atoms with E-state index in [1.165, 1.54) is 24.2 Å². The number of piperidine rings is 1. The molecule has 1 N–H and O–H groups in total. The van der Waals surface area contributed by atoms with Crippen molar-refractivity contribution in [2.24, 2.45) is 5.92 Å². The van der Waals surface area contributed by atoms with E-state index in [1.807, 2.05) is 0 Å². The molecule has 0 aromatic carbocycles. The summed E-state index contributed by atoms with van der Waals surface area (Å²) in [5, 5.41) is 3.57. The van der Waals surface area contributed by atoms with Crippen molar-refractivity contribution in [3.05, 3.63) is 13.6 Å². The number of sulfonamides is 1. The Morgan fingerprint density at radius 3 is 2.43 bits per heavy atom. The lowest BCUT2D eigenvalue weighted by atomic mass is 10.1. The van der Waals surface area contributed by atoms with Crippen LogP contribution in [0.2, 0.25) is 0 Å². The standard InChI is InChI=1S/C13H18Br2N2O2S2/c14-12-7-11(13(15)20-12)21(18,19)17-5-3-10(4-6-17)16-8-9-1-2-9/h7,9-10,16H,1-6,8H2. The van der Waals surface area contributed by atoms with Gasteiger partial charge in [-0.1, -0.05) is 0 Å². The van der Waals surface area contributed by atoms with E-state index in [-0.39, 0.29) is 0 Å². The van der Waals surface area contributed by atoms with E-state index < -0.39 is 10.0 Å². The molecule has 1 aromatic rings. The van der Waals surface area contributed by atoms with Gasteiger partial charge in [0.05, 0.1) is 7.57 Å². The lowest BCUT2D eigenvalue weighted by Gasteiger charge is -2.31. The van der Waals surface area contributed by atoms with Crippen LogP contribution in [0.1, 0.15) is 25.7 Å². The summed E-state index contributed by atoms with van der Waals surface area (Å²) < 4.78 is 28.4. The minimum Gasteiger partial charge on any atom is -0.314 e. The minimum atomic E-state index is -3.38. The maximum absolute atomic E-state index is 12.7.